The molecule has 1 aromatic heterocycles. The van der Waals surface area contributed by atoms with Crippen LogP contribution in [0.4, 0.5) is 0 Å². The molecule has 3 heterocycles. The van der Waals surface area contributed by atoms with Crippen LogP contribution < -0.4 is 0 Å². The van der Waals surface area contributed by atoms with Crippen molar-refractivity contribution in [2.24, 2.45) is 0 Å². The zero-order valence-corrected chi connectivity index (χ0v) is 15.0. The second-order valence-electron chi connectivity index (χ2n) is 7.03. The molecule has 2 fully saturated rings. The fourth-order valence-electron chi connectivity index (χ4n) is 3.68. The molecule has 0 spiro atoms. The predicted octanol–water partition coefficient (Wildman–Crippen LogP) is 2.34. The minimum atomic E-state index is -0.237. The number of likely N-dealkylation sites (tertiary alicyclic amines) is 2. The fraction of sp³-hybridized carbons (Fsp3) is 0.706. The van der Waals surface area contributed by atoms with Crippen molar-refractivity contribution < 1.29 is 9.59 Å². The Labute approximate surface area is 141 Å². The molecule has 0 saturated carbocycles. The molecule has 23 heavy (non-hydrogen) atoms. The Morgan fingerprint density at radius 2 is 2.00 bits per heavy atom. The van der Waals surface area contributed by atoms with Crippen LogP contribution in [-0.4, -0.2) is 52.3 Å². The van der Waals surface area contributed by atoms with Crippen molar-refractivity contribution in [2.75, 3.05) is 19.6 Å². The van der Waals surface area contributed by atoms with Gasteiger partial charge in [0.1, 0.15) is 6.04 Å². The highest BCUT2D eigenvalue weighted by molar-refractivity contribution is 7.11. The summed E-state index contributed by atoms with van der Waals surface area (Å²) in [6.07, 6.45) is 5.56. The van der Waals surface area contributed by atoms with Crippen LogP contribution in [0.25, 0.3) is 0 Å². The normalized spacial score (nSPS) is 24.0. The standard InChI is InChI=1S/C17H25N3O2S/c1-12-11-18-16(23-12)17(3)6-9-19(10-7-17)15(22)14-5-4-8-20(14)13(2)21/h11,14H,4-10H2,1-3H3/t14-/m1/s1. The van der Waals surface area contributed by atoms with E-state index in [9.17, 15) is 9.59 Å². The molecular formula is C17H25N3O2S. The van der Waals surface area contributed by atoms with E-state index in [-0.39, 0.29) is 23.3 Å². The molecule has 0 bridgehead atoms. The van der Waals surface area contributed by atoms with E-state index in [2.05, 4.69) is 18.8 Å². The largest absolute Gasteiger partial charge is 0.341 e. The van der Waals surface area contributed by atoms with Crippen LogP contribution in [0.2, 0.25) is 0 Å². The number of piperidine rings is 1. The van der Waals surface area contributed by atoms with Crippen molar-refractivity contribution in [3.63, 3.8) is 0 Å². The van der Waals surface area contributed by atoms with E-state index in [1.807, 2.05) is 11.1 Å². The summed E-state index contributed by atoms with van der Waals surface area (Å²) in [6.45, 7) is 8.13. The second kappa shape index (κ2) is 6.23. The lowest BCUT2D eigenvalue weighted by atomic mass is 9.81. The molecule has 3 rings (SSSR count). The summed E-state index contributed by atoms with van der Waals surface area (Å²) in [6, 6.07) is -0.237. The van der Waals surface area contributed by atoms with Crippen molar-refractivity contribution in [1.29, 1.82) is 0 Å². The van der Waals surface area contributed by atoms with Crippen molar-refractivity contribution in [3.8, 4) is 0 Å². The lowest BCUT2D eigenvalue weighted by molar-refractivity contribution is -0.143. The molecule has 126 valence electrons. The highest BCUT2D eigenvalue weighted by atomic mass is 32.1. The minimum Gasteiger partial charge on any atom is -0.341 e. The van der Waals surface area contributed by atoms with Gasteiger partial charge < -0.3 is 9.80 Å². The maximum atomic E-state index is 12.8. The van der Waals surface area contributed by atoms with Crippen molar-refractivity contribution >= 4 is 23.2 Å². The molecule has 5 nitrogen and oxygen atoms in total. The van der Waals surface area contributed by atoms with E-state index in [4.69, 9.17) is 0 Å². The Balaban J connectivity index is 1.64. The number of hydrogen-bond acceptors (Lipinski definition) is 4. The molecule has 1 atom stereocenters. The molecule has 0 unspecified atom stereocenters. The van der Waals surface area contributed by atoms with Crippen molar-refractivity contribution in [3.05, 3.63) is 16.1 Å². The summed E-state index contributed by atoms with van der Waals surface area (Å²) in [5.74, 6) is 0.149. The van der Waals surface area contributed by atoms with Crippen LogP contribution in [0.1, 0.15) is 49.4 Å². The molecule has 2 amide bonds. The molecule has 2 aliphatic rings. The maximum absolute atomic E-state index is 12.8. The van der Waals surface area contributed by atoms with Gasteiger partial charge in [0.25, 0.3) is 0 Å². The highest BCUT2D eigenvalue weighted by Gasteiger charge is 2.40. The number of aryl methyl sites for hydroxylation is 1. The summed E-state index contributed by atoms with van der Waals surface area (Å²) >= 11 is 1.76. The van der Waals surface area contributed by atoms with Gasteiger partial charge in [0, 0.05) is 43.0 Å². The molecule has 0 radical (unpaired) electrons. The molecule has 0 aromatic carbocycles. The van der Waals surface area contributed by atoms with Crippen LogP contribution >= 0.6 is 11.3 Å². The number of hydrogen-bond donors (Lipinski definition) is 0. The number of carbonyl (C=O) groups is 2. The third kappa shape index (κ3) is 3.13. The summed E-state index contributed by atoms with van der Waals surface area (Å²) in [5.41, 5.74) is 0.0750. The Bertz CT molecular complexity index is 605. The topological polar surface area (TPSA) is 53.5 Å². The average molecular weight is 335 g/mol. The van der Waals surface area contributed by atoms with Gasteiger partial charge in [-0.1, -0.05) is 6.92 Å². The number of rotatable bonds is 2. The quantitative estimate of drug-likeness (QED) is 0.833. The summed E-state index contributed by atoms with van der Waals surface area (Å²) in [7, 11) is 0. The van der Waals surface area contributed by atoms with Gasteiger partial charge >= 0.3 is 0 Å². The molecule has 1 aromatic rings. The van der Waals surface area contributed by atoms with E-state index in [0.29, 0.717) is 0 Å². The third-order valence-corrected chi connectivity index (χ3v) is 6.48. The van der Waals surface area contributed by atoms with Crippen LogP contribution in [-0.2, 0) is 15.0 Å². The summed E-state index contributed by atoms with van der Waals surface area (Å²) in [4.78, 5) is 34.0. The van der Waals surface area contributed by atoms with Gasteiger partial charge in [-0.25, -0.2) is 4.98 Å². The predicted molar refractivity (Wildman–Crippen MR) is 90.4 cm³/mol. The number of thiazole rings is 1. The first-order valence-electron chi connectivity index (χ1n) is 8.40. The van der Waals surface area contributed by atoms with Crippen LogP contribution in [0.3, 0.4) is 0 Å². The molecule has 2 saturated heterocycles. The Morgan fingerprint density at radius 3 is 2.57 bits per heavy atom. The van der Waals surface area contributed by atoms with E-state index in [1.165, 1.54) is 9.88 Å². The zero-order valence-electron chi connectivity index (χ0n) is 14.2. The van der Waals surface area contributed by atoms with Crippen LogP contribution in [0, 0.1) is 6.92 Å². The lowest BCUT2D eigenvalue weighted by Crippen LogP contribution is -2.51. The highest BCUT2D eigenvalue weighted by Crippen LogP contribution is 2.37. The second-order valence-corrected chi connectivity index (χ2v) is 8.27. The van der Waals surface area contributed by atoms with Gasteiger partial charge in [-0.2, -0.15) is 0 Å². The number of aromatic nitrogens is 1. The number of nitrogens with zero attached hydrogens (tertiary/aromatic N) is 3. The van der Waals surface area contributed by atoms with Crippen LogP contribution in [0.5, 0.6) is 0 Å². The average Bonchev–Trinajstić information content (AvgIpc) is 3.16. The number of carbonyl (C=O) groups excluding carboxylic acids is 2. The van der Waals surface area contributed by atoms with E-state index in [1.54, 1.807) is 23.2 Å². The van der Waals surface area contributed by atoms with Crippen LogP contribution in [0.15, 0.2) is 6.20 Å². The van der Waals surface area contributed by atoms with Gasteiger partial charge in [0.2, 0.25) is 11.8 Å². The maximum Gasteiger partial charge on any atom is 0.245 e. The van der Waals surface area contributed by atoms with Gasteiger partial charge in [-0.3, -0.25) is 9.59 Å². The molecule has 2 aliphatic heterocycles. The molecule has 0 aliphatic carbocycles. The fourth-order valence-corrected chi connectivity index (χ4v) is 4.65. The van der Waals surface area contributed by atoms with Gasteiger partial charge in [-0.05, 0) is 32.6 Å². The zero-order chi connectivity index (χ0) is 16.6. The van der Waals surface area contributed by atoms with Crippen molar-refractivity contribution in [2.45, 2.75) is 57.9 Å². The Kier molecular flexibility index (Phi) is 4.45. The third-order valence-electron chi connectivity index (χ3n) is 5.26. The van der Waals surface area contributed by atoms with Gasteiger partial charge in [0.15, 0.2) is 0 Å². The lowest BCUT2D eigenvalue weighted by Gasteiger charge is -2.40. The summed E-state index contributed by atoms with van der Waals surface area (Å²) < 4.78 is 0. The molecule has 0 N–H and O–H groups in total. The van der Waals surface area contributed by atoms with Gasteiger partial charge in [0.05, 0.1) is 5.01 Å². The van der Waals surface area contributed by atoms with E-state index in [0.717, 1.165) is 45.3 Å². The Hall–Kier alpha value is -1.43. The first-order valence-corrected chi connectivity index (χ1v) is 9.21. The minimum absolute atomic E-state index is 0.0148. The SMILES string of the molecule is CC(=O)N1CCC[C@@H]1C(=O)N1CCC(C)(c2ncc(C)s2)CC1. The van der Waals surface area contributed by atoms with Crippen molar-refractivity contribution in [1.82, 2.24) is 14.8 Å². The summed E-state index contributed by atoms with van der Waals surface area (Å²) in [5, 5.41) is 1.19. The first-order chi connectivity index (χ1) is 10.9. The van der Waals surface area contributed by atoms with Gasteiger partial charge in [-0.15, -0.1) is 11.3 Å². The smallest absolute Gasteiger partial charge is 0.245 e. The van der Waals surface area contributed by atoms with E-state index < -0.39 is 0 Å². The monoisotopic (exact) mass is 335 g/mol. The molecular weight excluding hydrogens is 310 g/mol. The number of amides is 2. The van der Waals surface area contributed by atoms with E-state index >= 15 is 0 Å². The molecule has 6 heteroatoms. The first kappa shape index (κ1) is 16.4. The Morgan fingerprint density at radius 1 is 1.30 bits per heavy atom.